The van der Waals surface area contributed by atoms with Gasteiger partial charge in [-0.05, 0) is 31.4 Å². The number of nitrogens with zero attached hydrogens (tertiary/aromatic N) is 1. The van der Waals surface area contributed by atoms with Crippen LogP contribution in [0.2, 0.25) is 0 Å². The molecule has 1 aliphatic rings. The first-order chi connectivity index (χ1) is 16.9. The predicted octanol–water partition coefficient (Wildman–Crippen LogP) is 2.94. The average Bonchev–Trinajstić information content (AvgIpc) is 3.33. The maximum absolute atomic E-state index is 13.3. The molecule has 2 N–H and O–H groups in total. The Hall–Kier alpha value is -2.79. The molecule has 0 radical (unpaired) electrons. The maximum Gasteiger partial charge on any atom is 0.459 e. The molecule has 0 spiro atoms. The zero-order valence-corrected chi connectivity index (χ0v) is 20.6. The number of ether oxygens (including phenoxy) is 2. The molecule has 1 aromatic carbocycles. The molecule has 3 unspecified atom stereocenters. The van der Waals surface area contributed by atoms with E-state index in [1.54, 1.807) is 30.3 Å². The van der Waals surface area contributed by atoms with Gasteiger partial charge in [-0.25, -0.2) is 14.4 Å². The van der Waals surface area contributed by atoms with E-state index in [1.807, 2.05) is 6.92 Å². The molecule has 0 aliphatic carbocycles. The van der Waals surface area contributed by atoms with Crippen molar-refractivity contribution in [3.05, 3.63) is 63.4 Å². The van der Waals surface area contributed by atoms with E-state index in [9.17, 15) is 23.3 Å². The fourth-order valence-electron chi connectivity index (χ4n) is 3.12. The lowest BCUT2D eigenvalue weighted by Crippen LogP contribution is -2.32. The molecule has 1 aliphatic heterocycles. The Morgan fingerprint density at radius 1 is 1.23 bits per heavy atom. The van der Waals surface area contributed by atoms with Crippen molar-refractivity contribution in [1.82, 2.24) is 14.6 Å². The van der Waals surface area contributed by atoms with Gasteiger partial charge in [-0.15, -0.1) is 0 Å². The van der Waals surface area contributed by atoms with Gasteiger partial charge in [-0.3, -0.25) is 28.1 Å². The molecule has 1 saturated heterocycles. The van der Waals surface area contributed by atoms with Gasteiger partial charge in [0.2, 0.25) is 0 Å². The van der Waals surface area contributed by atoms with Gasteiger partial charge in [0.05, 0.1) is 26.5 Å². The first-order valence-corrected chi connectivity index (χ1v) is 12.7. The largest absolute Gasteiger partial charge is 0.465 e. The summed E-state index contributed by atoms with van der Waals surface area (Å²) in [5.41, 5.74) is -1.07. The molecule has 35 heavy (non-hydrogen) atoms. The number of aromatic amines is 1. The van der Waals surface area contributed by atoms with Crippen LogP contribution in [0.4, 0.5) is 4.39 Å². The number of halogens is 1. The molecule has 0 amide bonds. The molecule has 2 heterocycles. The molecule has 0 bridgehead atoms. The van der Waals surface area contributed by atoms with Gasteiger partial charge in [-0.1, -0.05) is 31.5 Å². The van der Waals surface area contributed by atoms with Crippen LogP contribution >= 0.6 is 7.75 Å². The summed E-state index contributed by atoms with van der Waals surface area (Å²) in [4.78, 5) is 37.3. The fourth-order valence-corrected chi connectivity index (χ4v) is 4.41. The van der Waals surface area contributed by atoms with Crippen LogP contribution in [0.5, 0.6) is 5.75 Å². The van der Waals surface area contributed by atoms with Crippen LogP contribution in [0.25, 0.3) is 0 Å². The Morgan fingerprint density at radius 3 is 2.66 bits per heavy atom. The number of rotatable bonds is 12. The molecule has 3 rings (SSSR count). The molecule has 0 saturated carbocycles. The van der Waals surface area contributed by atoms with Crippen LogP contribution in [0.3, 0.4) is 0 Å². The summed E-state index contributed by atoms with van der Waals surface area (Å²) in [6, 6.07) is 9.67. The van der Waals surface area contributed by atoms with E-state index < -0.39 is 37.3 Å². The second-order valence-electron chi connectivity index (χ2n) is 7.41. The summed E-state index contributed by atoms with van der Waals surface area (Å²) in [6.45, 7) is 1.81. The summed E-state index contributed by atoms with van der Waals surface area (Å²) in [6.07, 6.45) is 2.95. The number of para-hydroxylation sites is 1. The highest BCUT2D eigenvalue weighted by atomic mass is 31.2. The van der Waals surface area contributed by atoms with Gasteiger partial charge < -0.3 is 14.0 Å². The van der Waals surface area contributed by atoms with Gasteiger partial charge in [-0.2, -0.15) is 0 Å². The Bertz CT molecular complexity index is 1080. The summed E-state index contributed by atoms with van der Waals surface area (Å²) in [5, 5.41) is 2.54. The average molecular weight is 515 g/mol. The highest BCUT2D eigenvalue weighted by Gasteiger charge is 2.33. The molecule has 194 valence electrons. The Balaban J connectivity index is 0.00000210. The lowest BCUT2D eigenvalue weighted by Gasteiger charge is -2.22. The monoisotopic (exact) mass is 515 g/mol. The van der Waals surface area contributed by atoms with E-state index in [0.717, 1.165) is 12.8 Å². The van der Waals surface area contributed by atoms with Crippen molar-refractivity contribution in [2.45, 2.75) is 44.9 Å². The van der Waals surface area contributed by atoms with Crippen molar-refractivity contribution in [2.24, 2.45) is 0 Å². The van der Waals surface area contributed by atoms with Crippen molar-refractivity contribution in [2.75, 3.05) is 26.9 Å². The second-order valence-corrected chi connectivity index (χ2v) is 9.17. The normalized spacial score (nSPS) is 18.7. The van der Waals surface area contributed by atoms with Crippen molar-refractivity contribution in [1.29, 1.82) is 0 Å². The van der Waals surface area contributed by atoms with Gasteiger partial charge >= 0.3 is 19.4 Å². The number of carbonyl (C=O) groups excluding carboxylic acids is 1. The van der Waals surface area contributed by atoms with Crippen LogP contribution in [0, 0.1) is 0 Å². The fraction of sp³-hybridized carbons (Fsp3) is 0.500. The number of unbranched alkanes of at least 4 members (excludes halogenated alkanes) is 1. The standard InChI is InChI=1S/C21H28N3O8P.CH3F/c1-2-3-13-29-20(26)14-22-33(28,32-16-7-5-4-6-8-16)30-15-17-9-10-19(31-17)24-12-11-18(25)23-21(24)27;1-2/h4-8,11-12,17,19H,2-3,9-10,13-15H2,1H3,(H,22,28)(H,23,25,27);1H3. The third-order valence-corrected chi connectivity index (χ3v) is 6.31. The Kier molecular flexibility index (Phi) is 11.8. The highest BCUT2D eigenvalue weighted by Crippen LogP contribution is 2.45. The van der Waals surface area contributed by atoms with Gasteiger partial charge in [0.1, 0.15) is 18.5 Å². The molecule has 2 aromatic rings. The number of carbonyl (C=O) groups is 1. The first-order valence-electron chi connectivity index (χ1n) is 11.1. The number of hydrogen-bond acceptors (Lipinski definition) is 8. The zero-order chi connectivity index (χ0) is 25.7. The molecular weight excluding hydrogens is 484 g/mol. The van der Waals surface area contributed by atoms with E-state index in [4.69, 9.17) is 18.5 Å². The smallest absolute Gasteiger partial charge is 0.459 e. The summed E-state index contributed by atoms with van der Waals surface area (Å²) < 4.78 is 46.1. The van der Waals surface area contributed by atoms with Crippen LogP contribution in [0.15, 0.2) is 52.2 Å². The first kappa shape index (κ1) is 28.4. The molecule has 1 fully saturated rings. The Morgan fingerprint density at radius 2 is 1.97 bits per heavy atom. The molecular formula is C22H31FN3O8P. The predicted molar refractivity (Wildman–Crippen MR) is 126 cm³/mol. The number of benzene rings is 1. The minimum Gasteiger partial charge on any atom is -0.465 e. The third kappa shape index (κ3) is 9.41. The zero-order valence-electron chi connectivity index (χ0n) is 19.7. The number of H-pyrrole nitrogens is 1. The van der Waals surface area contributed by atoms with E-state index in [2.05, 4.69) is 10.1 Å². The van der Waals surface area contributed by atoms with Gasteiger partial charge in [0.15, 0.2) is 0 Å². The van der Waals surface area contributed by atoms with E-state index in [1.165, 1.54) is 16.8 Å². The molecule has 3 atom stereocenters. The maximum atomic E-state index is 13.3. The molecule has 13 heteroatoms. The van der Waals surface area contributed by atoms with Gasteiger partial charge in [0, 0.05) is 12.3 Å². The van der Waals surface area contributed by atoms with Crippen molar-refractivity contribution in [3.63, 3.8) is 0 Å². The van der Waals surface area contributed by atoms with Crippen LogP contribution in [-0.2, 0) is 23.4 Å². The van der Waals surface area contributed by atoms with Crippen molar-refractivity contribution < 1.29 is 32.3 Å². The number of aromatic nitrogens is 2. The Labute approximate surface area is 202 Å². The number of esters is 1. The van der Waals surface area contributed by atoms with Crippen LogP contribution in [0.1, 0.15) is 38.8 Å². The second kappa shape index (κ2) is 14.6. The van der Waals surface area contributed by atoms with Crippen molar-refractivity contribution in [3.8, 4) is 5.75 Å². The SMILES string of the molecule is CCCCOC(=O)CNP(=O)(OCC1CCC(n2ccc(=O)[nH]c2=O)O1)Oc1ccccc1.CF. The highest BCUT2D eigenvalue weighted by molar-refractivity contribution is 7.52. The lowest BCUT2D eigenvalue weighted by atomic mass is 10.2. The number of nitrogens with one attached hydrogen (secondary N) is 2. The third-order valence-electron chi connectivity index (χ3n) is 4.82. The molecule has 11 nitrogen and oxygen atoms in total. The topological polar surface area (TPSA) is 138 Å². The minimum absolute atomic E-state index is 0.101. The van der Waals surface area contributed by atoms with Crippen LogP contribution in [-0.4, -0.2) is 48.6 Å². The summed E-state index contributed by atoms with van der Waals surface area (Å²) in [5.74, 6) is -0.267. The van der Waals surface area contributed by atoms with Crippen molar-refractivity contribution >= 4 is 13.7 Å². The van der Waals surface area contributed by atoms with E-state index >= 15 is 0 Å². The quantitative estimate of drug-likeness (QED) is 0.248. The van der Waals surface area contributed by atoms with E-state index in [-0.39, 0.29) is 19.8 Å². The lowest BCUT2D eigenvalue weighted by molar-refractivity contribution is -0.142. The summed E-state index contributed by atoms with van der Waals surface area (Å²) in [7, 11) is -3.44. The van der Waals surface area contributed by atoms with Gasteiger partial charge in [0.25, 0.3) is 5.56 Å². The van der Waals surface area contributed by atoms with Crippen LogP contribution < -0.4 is 20.9 Å². The molecule has 1 aromatic heterocycles. The summed E-state index contributed by atoms with van der Waals surface area (Å²) >= 11 is 0. The number of hydrogen-bond donors (Lipinski definition) is 2. The van der Waals surface area contributed by atoms with E-state index in [0.29, 0.717) is 25.8 Å². The minimum atomic E-state index is -3.94. The number of alkyl halides is 1.